The van der Waals surface area contributed by atoms with E-state index in [0.717, 1.165) is 12.5 Å². The number of nitrogens with one attached hydrogen (secondary N) is 2. The first-order chi connectivity index (χ1) is 11.5. The smallest absolute Gasteiger partial charge is 0.191 e. The fraction of sp³-hybridized carbons (Fsp3) is 0.632. The number of aliphatic imine (C=N–C) groups is 1. The van der Waals surface area contributed by atoms with Crippen molar-refractivity contribution < 1.29 is 8.42 Å². The summed E-state index contributed by atoms with van der Waals surface area (Å²) in [7, 11) is -1.19. The van der Waals surface area contributed by atoms with Crippen LogP contribution in [0.1, 0.15) is 39.7 Å². The van der Waals surface area contributed by atoms with Crippen LogP contribution >= 0.6 is 0 Å². The van der Waals surface area contributed by atoms with Crippen molar-refractivity contribution in [2.24, 2.45) is 10.4 Å². The van der Waals surface area contributed by atoms with E-state index in [1.165, 1.54) is 11.8 Å². The lowest BCUT2D eigenvalue weighted by Crippen LogP contribution is -2.46. The Bertz CT molecular complexity index is 665. The lowest BCUT2D eigenvalue weighted by Gasteiger charge is -2.29. The average Bonchev–Trinajstić information content (AvgIpc) is 2.53. The second-order valence-corrected chi connectivity index (χ2v) is 10.3. The van der Waals surface area contributed by atoms with Crippen LogP contribution in [0.5, 0.6) is 0 Å². The molecule has 1 rings (SSSR count). The van der Waals surface area contributed by atoms with Gasteiger partial charge in [-0.05, 0) is 17.4 Å². The SMILES string of the molecule is CN=C(NCC(C)(C)CCS(C)(=O)=O)NCC(C)(C)c1ccccc1. The summed E-state index contributed by atoms with van der Waals surface area (Å²) in [6.07, 6.45) is 1.90. The van der Waals surface area contributed by atoms with Crippen molar-refractivity contribution in [3.8, 4) is 0 Å². The number of sulfone groups is 1. The Morgan fingerprint density at radius 1 is 1.04 bits per heavy atom. The molecular formula is C19H33N3O2S. The zero-order valence-electron chi connectivity index (χ0n) is 16.4. The van der Waals surface area contributed by atoms with Crippen molar-refractivity contribution in [3.63, 3.8) is 0 Å². The molecule has 6 heteroatoms. The third kappa shape index (κ3) is 8.38. The van der Waals surface area contributed by atoms with Gasteiger partial charge in [-0.1, -0.05) is 58.0 Å². The summed E-state index contributed by atoms with van der Waals surface area (Å²) in [6.45, 7) is 9.92. The van der Waals surface area contributed by atoms with Gasteiger partial charge in [-0.15, -0.1) is 0 Å². The van der Waals surface area contributed by atoms with Crippen LogP contribution in [0.4, 0.5) is 0 Å². The molecule has 0 spiro atoms. The fourth-order valence-electron chi connectivity index (χ4n) is 2.39. The molecule has 0 fully saturated rings. The summed E-state index contributed by atoms with van der Waals surface area (Å²) < 4.78 is 22.7. The van der Waals surface area contributed by atoms with Crippen molar-refractivity contribution in [2.45, 2.75) is 39.5 Å². The second-order valence-electron chi connectivity index (χ2n) is 8.07. The van der Waals surface area contributed by atoms with Gasteiger partial charge < -0.3 is 10.6 Å². The Morgan fingerprint density at radius 2 is 1.60 bits per heavy atom. The molecule has 0 heterocycles. The van der Waals surface area contributed by atoms with Crippen molar-refractivity contribution >= 4 is 15.8 Å². The molecule has 0 saturated heterocycles. The van der Waals surface area contributed by atoms with Crippen LogP contribution in [0.3, 0.4) is 0 Å². The van der Waals surface area contributed by atoms with Gasteiger partial charge in [-0.3, -0.25) is 4.99 Å². The summed E-state index contributed by atoms with van der Waals surface area (Å²) >= 11 is 0. The first-order valence-corrected chi connectivity index (χ1v) is 10.7. The lowest BCUT2D eigenvalue weighted by atomic mass is 9.85. The summed E-state index contributed by atoms with van der Waals surface area (Å²) in [5, 5.41) is 6.69. The van der Waals surface area contributed by atoms with Gasteiger partial charge in [0.1, 0.15) is 9.84 Å². The van der Waals surface area contributed by atoms with E-state index in [4.69, 9.17) is 0 Å². The van der Waals surface area contributed by atoms with E-state index in [0.29, 0.717) is 13.0 Å². The Kier molecular flexibility index (Phi) is 7.47. The van der Waals surface area contributed by atoms with E-state index in [1.54, 1.807) is 7.05 Å². The summed E-state index contributed by atoms with van der Waals surface area (Å²) in [5.41, 5.74) is 1.12. The molecule has 0 radical (unpaired) electrons. The highest BCUT2D eigenvalue weighted by Gasteiger charge is 2.23. The maximum atomic E-state index is 11.4. The van der Waals surface area contributed by atoms with Crippen LogP contribution in [-0.2, 0) is 15.3 Å². The van der Waals surface area contributed by atoms with Crippen LogP contribution in [-0.4, -0.2) is 46.5 Å². The number of guanidine groups is 1. The molecule has 25 heavy (non-hydrogen) atoms. The van der Waals surface area contributed by atoms with E-state index in [9.17, 15) is 8.42 Å². The molecule has 1 aromatic carbocycles. The molecule has 2 N–H and O–H groups in total. The van der Waals surface area contributed by atoms with E-state index < -0.39 is 9.84 Å². The molecule has 0 bridgehead atoms. The van der Waals surface area contributed by atoms with Crippen LogP contribution < -0.4 is 10.6 Å². The number of benzene rings is 1. The summed E-state index contributed by atoms with van der Waals surface area (Å²) in [6, 6.07) is 10.4. The van der Waals surface area contributed by atoms with Gasteiger partial charge in [0.25, 0.3) is 0 Å². The number of rotatable bonds is 8. The molecule has 0 unspecified atom stereocenters. The average molecular weight is 368 g/mol. The van der Waals surface area contributed by atoms with Gasteiger partial charge in [0.2, 0.25) is 0 Å². The normalized spacial score (nSPS) is 13.6. The second kappa shape index (κ2) is 8.70. The zero-order chi connectivity index (χ0) is 19.1. The Balaban J connectivity index is 2.55. The van der Waals surface area contributed by atoms with Crippen LogP contribution in [0, 0.1) is 5.41 Å². The molecule has 0 aromatic heterocycles. The summed E-state index contributed by atoms with van der Waals surface area (Å²) in [4.78, 5) is 4.27. The minimum atomic E-state index is -2.94. The van der Waals surface area contributed by atoms with Gasteiger partial charge in [-0.2, -0.15) is 0 Å². The monoisotopic (exact) mass is 367 g/mol. The standard InChI is InChI=1S/C19H33N3O2S/c1-18(2,12-13-25(6,23)24)14-21-17(20-5)22-15-19(3,4)16-10-8-7-9-11-16/h7-11H,12-15H2,1-6H3,(H2,20,21,22). The van der Waals surface area contributed by atoms with Crippen LogP contribution in [0.25, 0.3) is 0 Å². The van der Waals surface area contributed by atoms with Gasteiger partial charge in [0.15, 0.2) is 5.96 Å². The predicted octanol–water partition coefficient (Wildman–Crippen LogP) is 2.59. The van der Waals surface area contributed by atoms with Gasteiger partial charge in [0.05, 0.1) is 5.75 Å². The summed E-state index contributed by atoms with van der Waals surface area (Å²) in [5.74, 6) is 0.936. The van der Waals surface area contributed by atoms with Gasteiger partial charge in [0, 0.05) is 31.8 Å². The molecule has 0 aliphatic heterocycles. The molecular weight excluding hydrogens is 334 g/mol. The van der Waals surface area contributed by atoms with Crippen molar-refractivity contribution in [2.75, 3.05) is 32.1 Å². The first kappa shape index (κ1) is 21.5. The van der Waals surface area contributed by atoms with E-state index >= 15 is 0 Å². The fourth-order valence-corrected chi connectivity index (χ4v) is 3.31. The molecule has 0 atom stereocenters. The molecule has 5 nitrogen and oxygen atoms in total. The molecule has 0 saturated carbocycles. The third-order valence-corrected chi connectivity index (χ3v) is 5.31. The minimum Gasteiger partial charge on any atom is -0.356 e. The highest BCUT2D eigenvalue weighted by atomic mass is 32.2. The predicted molar refractivity (Wildman–Crippen MR) is 107 cm³/mol. The Morgan fingerprint density at radius 3 is 2.12 bits per heavy atom. The molecule has 0 aliphatic carbocycles. The molecule has 0 amide bonds. The molecule has 142 valence electrons. The zero-order valence-corrected chi connectivity index (χ0v) is 17.2. The minimum absolute atomic E-state index is 0.0231. The maximum absolute atomic E-state index is 11.4. The van der Waals surface area contributed by atoms with Crippen LogP contribution in [0.2, 0.25) is 0 Å². The number of hydrogen-bond acceptors (Lipinski definition) is 3. The topological polar surface area (TPSA) is 70.6 Å². The maximum Gasteiger partial charge on any atom is 0.191 e. The quantitative estimate of drug-likeness (QED) is 0.547. The van der Waals surface area contributed by atoms with E-state index in [1.807, 2.05) is 6.07 Å². The Hall–Kier alpha value is -1.56. The Labute approximate surface area is 153 Å². The largest absolute Gasteiger partial charge is 0.356 e. The first-order valence-electron chi connectivity index (χ1n) is 8.63. The highest BCUT2D eigenvalue weighted by Crippen LogP contribution is 2.22. The van der Waals surface area contributed by atoms with Crippen LogP contribution in [0.15, 0.2) is 35.3 Å². The number of nitrogens with zero attached hydrogens (tertiary/aromatic N) is 1. The molecule has 0 aliphatic rings. The van der Waals surface area contributed by atoms with E-state index in [2.05, 4.69) is 67.6 Å². The van der Waals surface area contributed by atoms with Gasteiger partial charge >= 0.3 is 0 Å². The number of hydrogen-bond donors (Lipinski definition) is 2. The lowest BCUT2D eigenvalue weighted by molar-refractivity contribution is 0.348. The molecule has 1 aromatic rings. The van der Waals surface area contributed by atoms with E-state index in [-0.39, 0.29) is 16.6 Å². The van der Waals surface area contributed by atoms with Gasteiger partial charge in [-0.25, -0.2) is 8.42 Å². The van der Waals surface area contributed by atoms with Crippen molar-refractivity contribution in [1.82, 2.24) is 10.6 Å². The third-order valence-electron chi connectivity index (χ3n) is 4.36. The van der Waals surface area contributed by atoms with Crippen molar-refractivity contribution in [1.29, 1.82) is 0 Å². The highest BCUT2D eigenvalue weighted by molar-refractivity contribution is 7.90. The van der Waals surface area contributed by atoms with Crippen molar-refractivity contribution in [3.05, 3.63) is 35.9 Å².